The third kappa shape index (κ3) is 3.85. The Hall–Kier alpha value is -2.74. The highest BCUT2D eigenvalue weighted by Gasteiger charge is 2.11. The number of hydrogen-bond donors (Lipinski definition) is 1. The fourth-order valence-corrected chi connectivity index (χ4v) is 2.98. The molecule has 0 amide bonds. The zero-order chi connectivity index (χ0) is 18.0. The zero-order valence-electron chi connectivity index (χ0n) is 13.1. The van der Waals surface area contributed by atoms with Gasteiger partial charge in [-0.25, -0.2) is 0 Å². The van der Waals surface area contributed by atoms with Crippen molar-refractivity contribution in [2.45, 2.75) is 6.92 Å². The average Bonchev–Trinajstić information content (AvgIpc) is 2.53. The number of aromatic nitrogens is 1. The van der Waals surface area contributed by atoms with Crippen molar-refractivity contribution in [3.8, 4) is 28.7 Å². The van der Waals surface area contributed by atoms with E-state index in [-0.39, 0.29) is 5.56 Å². The summed E-state index contributed by atoms with van der Waals surface area (Å²) in [7, 11) is 0. The maximum atomic E-state index is 12.0. The lowest BCUT2D eigenvalue weighted by Gasteiger charge is -2.10. The first-order valence-electron chi connectivity index (χ1n) is 7.34. The van der Waals surface area contributed by atoms with E-state index in [1.54, 1.807) is 49.4 Å². The summed E-state index contributed by atoms with van der Waals surface area (Å²) in [4.78, 5) is 14.6. The molecule has 1 N–H and O–H groups in total. The number of rotatable bonds is 3. The Morgan fingerprint density at radius 3 is 2.44 bits per heavy atom. The van der Waals surface area contributed by atoms with Crippen LogP contribution in [0.4, 0.5) is 0 Å². The fourth-order valence-electron chi connectivity index (χ4n) is 2.48. The molecule has 124 valence electrons. The summed E-state index contributed by atoms with van der Waals surface area (Å²) in [6.07, 6.45) is 0. The number of hydrogen-bond acceptors (Lipinski definition) is 3. The molecule has 0 aliphatic rings. The van der Waals surface area contributed by atoms with Crippen LogP contribution in [0, 0.1) is 18.3 Å². The number of nitriles is 1. The van der Waals surface area contributed by atoms with Gasteiger partial charge in [0.2, 0.25) is 0 Å². The third-order valence-corrected chi connectivity index (χ3v) is 3.93. The molecule has 0 aliphatic heterocycles. The van der Waals surface area contributed by atoms with E-state index in [0.717, 1.165) is 0 Å². The van der Waals surface area contributed by atoms with Crippen molar-refractivity contribution in [3.63, 3.8) is 0 Å². The normalized spacial score (nSPS) is 10.3. The standard InChI is InChI=1S/C19H12Cl2N2O2/c1-11-5-17(18(10-22)19(24)23-11)12-3-2-4-15(6-12)25-16-8-13(20)7-14(21)9-16/h2-9H,1H3,(H,23,24). The minimum Gasteiger partial charge on any atom is -0.457 e. The highest BCUT2D eigenvalue weighted by molar-refractivity contribution is 6.34. The highest BCUT2D eigenvalue weighted by atomic mass is 35.5. The summed E-state index contributed by atoms with van der Waals surface area (Å²) in [5.74, 6) is 1.04. The second-order valence-electron chi connectivity index (χ2n) is 5.42. The number of nitrogens with one attached hydrogen (secondary N) is 1. The van der Waals surface area contributed by atoms with Crippen LogP contribution in [0.3, 0.4) is 0 Å². The van der Waals surface area contributed by atoms with Crippen LogP contribution in [0.2, 0.25) is 10.0 Å². The second kappa shape index (κ2) is 7.02. The van der Waals surface area contributed by atoms with E-state index >= 15 is 0 Å². The van der Waals surface area contributed by atoms with Crippen molar-refractivity contribution < 1.29 is 4.74 Å². The molecule has 1 aromatic heterocycles. The topological polar surface area (TPSA) is 65.9 Å². The summed E-state index contributed by atoms with van der Waals surface area (Å²) in [5.41, 5.74) is 1.58. The van der Waals surface area contributed by atoms with Gasteiger partial charge in [-0.3, -0.25) is 4.79 Å². The number of ether oxygens (including phenoxy) is 1. The number of H-pyrrole nitrogens is 1. The van der Waals surface area contributed by atoms with E-state index in [2.05, 4.69) is 4.98 Å². The molecule has 2 aromatic carbocycles. The third-order valence-electron chi connectivity index (χ3n) is 3.50. The first kappa shape index (κ1) is 17.1. The molecular formula is C19H12Cl2N2O2. The van der Waals surface area contributed by atoms with Crippen molar-refractivity contribution in [1.29, 1.82) is 5.26 Å². The van der Waals surface area contributed by atoms with Crippen LogP contribution >= 0.6 is 23.2 Å². The van der Waals surface area contributed by atoms with Crippen molar-refractivity contribution in [3.05, 3.63) is 80.2 Å². The van der Waals surface area contributed by atoms with Gasteiger partial charge in [-0.1, -0.05) is 35.3 Å². The molecule has 0 fully saturated rings. The molecule has 3 rings (SSSR count). The molecule has 0 aliphatic carbocycles. The molecule has 0 saturated carbocycles. The van der Waals surface area contributed by atoms with E-state index in [1.807, 2.05) is 12.1 Å². The van der Waals surface area contributed by atoms with E-state index < -0.39 is 5.56 Å². The molecule has 0 atom stereocenters. The maximum Gasteiger partial charge on any atom is 0.266 e. The van der Waals surface area contributed by atoms with Gasteiger partial charge in [0, 0.05) is 21.3 Å². The summed E-state index contributed by atoms with van der Waals surface area (Å²) in [6.45, 7) is 1.76. The fraction of sp³-hybridized carbons (Fsp3) is 0.0526. The summed E-state index contributed by atoms with van der Waals surface area (Å²) >= 11 is 12.0. The Balaban J connectivity index is 2.03. The van der Waals surface area contributed by atoms with Gasteiger partial charge in [-0.2, -0.15) is 5.26 Å². The lowest BCUT2D eigenvalue weighted by Crippen LogP contribution is -2.12. The van der Waals surface area contributed by atoms with Crippen molar-refractivity contribution in [2.75, 3.05) is 0 Å². The van der Waals surface area contributed by atoms with Gasteiger partial charge in [-0.15, -0.1) is 0 Å². The second-order valence-corrected chi connectivity index (χ2v) is 6.29. The lowest BCUT2D eigenvalue weighted by molar-refractivity contribution is 0.483. The molecule has 0 saturated heterocycles. The largest absolute Gasteiger partial charge is 0.457 e. The summed E-state index contributed by atoms with van der Waals surface area (Å²) in [6, 6.07) is 15.8. The first-order chi connectivity index (χ1) is 12.0. The van der Waals surface area contributed by atoms with E-state index in [1.165, 1.54) is 0 Å². The Morgan fingerprint density at radius 2 is 1.76 bits per heavy atom. The highest BCUT2D eigenvalue weighted by Crippen LogP contribution is 2.31. The van der Waals surface area contributed by atoms with Crippen LogP contribution in [0.25, 0.3) is 11.1 Å². The van der Waals surface area contributed by atoms with Crippen molar-refractivity contribution in [1.82, 2.24) is 4.98 Å². The number of nitrogens with zero attached hydrogens (tertiary/aromatic N) is 1. The van der Waals surface area contributed by atoms with Crippen LogP contribution < -0.4 is 10.3 Å². The molecular weight excluding hydrogens is 359 g/mol. The molecule has 25 heavy (non-hydrogen) atoms. The minimum absolute atomic E-state index is 0.0635. The molecule has 0 radical (unpaired) electrons. The Bertz CT molecular complexity index is 1030. The average molecular weight is 371 g/mol. The van der Waals surface area contributed by atoms with Gasteiger partial charge in [-0.05, 0) is 48.9 Å². The van der Waals surface area contributed by atoms with Gasteiger partial charge >= 0.3 is 0 Å². The molecule has 6 heteroatoms. The smallest absolute Gasteiger partial charge is 0.266 e. The van der Waals surface area contributed by atoms with Crippen molar-refractivity contribution >= 4 is 23.2 Å². The Labute approximate surface area is 154 Å². The van der Waals surface area contributed by atoms with Gasteiger partial charge < -0.3 is 9.72 Å². The van der Waals surface area contributed by atoms with Crippen LogP contribution in [0.15, 0.2) is 53.3 Å². The zero-order valence-corrected chi connectivity index (χ0v) is 14.7. The van der Waals surface area contributed by atoms with Gasteiger partial charge in [0.15, 0.2) is 0 Å². The number of aryl methyl sites for hydroxylation is 1. The predicted octanol–water partition coefficient (Wildman–Crippen LogP) is 5.32. The van der Waals surface area contributed by atoms with E-state index in [9.17, 15) is 10.1 Å². The van der Waals surface area contributed by atoms with Gasteiger partial charge in [0.1, 0.15) is 23.1 Å². The molecule has 0 unspecified atom stereocenters. The minimum atomic E-state index is -0.412. The first-order valence-corrected chi connectivity index (χ1v) is 8.10. The summed E-state index contributed by atoms with van der Waals surface area (Å²) in [5, 5.41) is 10.2. The quantitative estimate of drug-likeness (QED) is 0.678. The van der Waals surface area contributed by atoms with Crippen molar-refractivity contribution in [2.24, 2.45) is 0 Å². The lowest BCUT2D eigenvalue weighted by atomic mass is 10.0. The summed E-state index contributed by atoms with van der Waals surface area (Å²) < 4.78 is 5.80. The number of aromatic amines is 1. The SMILES string of the molecule is Cc1cc(-c2cccc(Oc3cc(Cl)cc(Cl)c3)c2)c(C#N)c(=O)[nH]1. The molecule has 4 nitrogen and oxygen atoms in total. The van der Waals surface area contributed by atoms with Crippen LogP contribution in [0.1, 0.15) is 11.3 Å². The Kier molecular flexibility index (Phi) is 4.80. The van der Waals surface area contributed by atoms with Crippen LogP contribution in [-0.4, -0.2) is 4.98 Å². The molecule has 0 spiro atoms. The Morgan fingerprint density at radius 1 is 1.04 bits per heavy atom. The maximum absolute atomic E-state index is 12.0. The number of benzene rings is 2. The monoisotopic (exact) mass is 370 g/mol. The van der Waals surface area contributed by atoms with Gasteiger partial charge in [0.05, 0.1) is 0 Å². The van der Waals surface area contributed by atoms with E-state index in [0.29, 0.717) is 38.4 Å². The van der Waals surface area contributed by atoms with E-state index in [4.69, 9.17) is 27.9 Å². The predicted molar refractivity (Wildman–Crippen MR) is 98.5 cm³/mol. The number of pyridine rings is 1. The number of halogens is 2. The van der Waals surface area contributed by atoms with Gasteiger partial charge in [0.25, 0.3) is 5.56 Å². The van der Waals surface area contributed by atoms with Crippen LogP contribution in [-0.2, 0) is 0 Å². The molecule has 3 aromatic rings. The molecule has 0 bridgehead atoms. The molecule has 1 heterocycles. The van der Waals surface area contributed by atoms with Crippen LogP contribution in [0.5, 0.6) is 11.5 Å².